The third-order valence-corrected chi connectivity index (χ3v) is 2.72. The van der Waals surface area contributed by atoms with Gasteiger partial charge < -0.3 is 4.74 Å². The first-order valence-electron chi connectivity index (χ1n) is 5.68. The number of ketones is 2. The third-order valence-electron chi connectivity index (χ3n) is 2.72. The fourth-order valence-corrected chi connectivity index (χ4v) is 1.68. The Morgan fingerprint density at radius 1 is 1.17 bits per heavy atom. The first-order chi connectivity index (χ1) is 8.66. The zero-order valence-corrected chi connectivity index (χ0v) is 9.80. The summed E-state index contributed by atoms with van der Waals surface area (Å²) in [6.45, 7) is 0.239. The summed E-state index contributed by atoms with van der Waals surface area (Å²) in [5.41, 5.74) is 0.880. The van der Waals surface area contributed by atoms with E-state index in [1.807, 2.05) is 30.3 Å². The maximum atomic E-state index is 11.7. The average molecular weight is 247 g/mol. The van der Waals surface area contributed by atoms with Gasteiger partial charge in [-0.2, -0.15) is 0 Å². The Labute approximate surface area is 104 Å². The van der Waals surface area contributed by atoms with E-state index in [1.165, 1.54) is 4.90 Å². The van der Waals surface area contributed by atoms with Gasteiger partial charge in [0.25, 0.3) is 0 Å². The Kier molecular flexibility index (Phi) is 3.72. The molecule has 1 aromatic rings. The summed E-state index contributed by atoms with van der Waals surface area (Å²) in [6, 6.07) is 9.27. The fourth-order valence-electron chi connectivity index (χ4n) is 1.68. The standard InChI is InChI=1S/C13H13NO4/c15-11-6-7-14(8-12(11)16)13(17)18-9-10-4-2-1-3-5-10/h1-5H,6-9H2. The number of carbonyl (C=O) groups excluding carboxylic acids is 3. The van der Waals surface area contributed by atoms with Gasteiger partial charge in [-0.1, -0.05) is 30.3 Å². The highest BCUT2D eigenvalue weighted by molar-refractivity contribution is 6.38. The summed E-state index contributed by atoms with van der Waals surface area (Å²) in [4.78, 5) is 35.1. The molecule has 0 bridgehead atoms. The minimum Gasteiger partial charge on any atom is -0.445 e. The normalized spacial score (nSPS) is 15.7. The molecule has 0 spiro atoms. The first kappa shape index (κ1) is 12.3. The van der Waals surface area contributed by atoms with Crippen molar-refractivity contribution in [3.63, 3.8) is 0 Å². The zero-order chi connectivity index (χ0) is 13.0. The molecule has 0 atom stereocenters. The number of nitrogens with zero attached hydrogens (tertiary/aromatic N) is 1. The summed E-state index contributed by atoms with van der Waals surface area (Å²) < 4.78 is 5.07. The molecule has 5 nitrogen and oxygen atoms in total. The van der Waals surface area contributed by atoms with E-state index in [0.717, 1.165) is 5.56 Å². The lowest BCUT2D eigenvalue weighted by molar-refractivity contribution is -0.139. The van der Waals surface area contributed by atoms with Gasteiger partial charge in [-0.15, -0.1) is 0 Å². The molecule has 0 unspecified atom stereocenters. The van der Waals surface area contributed by atoms with Crippen molar-refractivity contribution in [1.82, 2.24) is 4.90 Å². The summed E-state index contributed by atoms with van der Waals surface area (Å²) in [5.74, 6) is -0.944. The number of hydrogen-bond donors (Lipinski definition) is 0. The molecule has 2 rings (SSSR count). The molecule has 1 saturated heterocycles. The number of benzene rings is 1. The second-order valence-corrected chi connectivity index (χ2v) is 4.06. The van der Waals surface area contributed by atoms with Crippen LogP contribution in [-0.4, -0.2) is 35.6 Å². The van der Waals surface area contributed by atoms with Gasteiger partial charge in [0.15, 0.2) is 0 Å². The van der Waals surface area contributed by atoms with E-state index in [4.69, 9.17) is 4.74 Å². The molecule has 94 valence electrons. The molecule has 5 heteroatoms. The quantitative estimate of drug-likeness (QED) is 0.736. The molecule has 0 aromatic heterocycles. The van der Waals surface area contributed by atoms with E-state index in [9.17, 15) is 14.4 Å². The number of rotatable bonds is 2. The van der Waals surface area contributed by atoms with Crippen LogP contribution in [0.5, 0.6) is 0 Å². The Balaban J connectivity index is 1.85. The average Bonchev–Trinajstić information content (AvgIpc) is 2.40. The second-order valence-electron chi connectivity index (χ2n) is 4.06. The van der Waals surface area contributed by atoms with E-state index >= 15 is 0 Å². The van der Waals surface area contributed by atoms with Crippen molar-refractivity contribution in [2.75, 3.05) is 13.1 Å². The summed E-state index contributed by atoms with van der Waals surface area (Å²) in [6.07, 6.45) is -0.473. The number of Topliss-reactive ketones (excluding diaryl/α,β-unsaturated/α-hetero) is 2. The van der Waals surface area contributed by atoms with Crippen molar-refractivity contribution in [1.29, 1.82) is 0 Å². The van der Waals surface area contributed by atoms with E-state index < -0.39 is 17.7 Å². The second kappa shape index (κ2) is 5.44. The lowest BCUT2D eigenvalue weighted by atomic mass is 10.1. The number of amides is 1. The van der Waals surface area contributed by atoms with Gasteiger partial charge in [0.1, 0.15) is 6.61 Å². The molecule has 1 fully saturated rings. The maximum absolute atomic E-state index is 11.7. The van der Waals surface area contributed by atoms with E-state index in [0.29, 0.717) is 0 Å². The highest BCUT2D eigenvalue weighted by Crippen LogP contribution is 2.07. The van der Waals surface area contributed by atoms with Crippen molar-refractivity contribution in [2.24, 2.45) is 0 Å². The maximum Gasteiger partial charge on any atom is 0.410 e. The van der Waals surface area contributed by atoms with Crippen LogP contribution in [0, 0.1) is 0 Å². The van der Waals surface area contributed by atoms with Gasteiger partial charge in [-0.3, -0.25) is 14.5 Å². The monoisotopic (exact) mass is 247 g/mol. The number of ether oxygens (including phenoxy) is 1. The van der Waals surface area contributed by atoms with Crippen LogP contribution in [0.3, 0.4) is 0 Å². The van der Waals surface area contributed by atoms with Gasteiger partial charge in [0.2, 0.25) is 11.6 Å². The molecule has 0 aliphatic carbocycles. The van der Waals surface area contributed by atoms with Crippen LogP contribution in [0.2, 0.25) is 0 Å². The molecule has 0 saturated carbocycles. The van der Waals surface area contributed by atoms with Gasteiger partial charge in [-0.25, -0.2) is 4.79 Å². The molecule has 0 radical (unpaired) electrons. The van der Waals surface area contributed by atoms with Crippen LogP contribution in [0.15, 0.2) is 30.3 Å². The van der Waals surface area contributed by atoms with E-state index in [1.54, 1.807) is 0 Å². The third kappa shape index (κ3) is 2.94. The van der Waals surface area contributed by atoms with Crippen LogP contribution in [-0.2, 0) is 20.9 Å². The van der Waals surface area contributed by atoms with Gasteiger partial charge in [-0.05, 0) is 5.56 Å². The Hall–Kier alpha value is -2.17. The molecule has 1 amide bonds. The van der Waals surface area contributed by atoms with Crippen LogP contribution in [0.4, 0.5) is 4.79 Å². The van der Waals surface area contributed by atoms with E-state index in [-0.39, 0.29) is 26.1 Å². The molecule has 1 aromatic carbocycles. The van der Waals surface area contributed by atoms with Crippen molar-refractivity contribution in [3.05, 3.63) is 35.9 Å². The van der Waals surface area contributed by atoms with Crippen molar-refractivity contribution < 1.29 is 19.1 Å². The zero-order valence-electron chi connectivity index (χ0n) is 9.80. The molecule has 1 aliphatic rings. The molecular weight excluding hydrogens is 234 g/mol. The minimum atomic E-state index is -0.556. The van der Waals surface area contributed by atoms with Crippen molar-refractivity contribution in [3.8, 4) is 0 Å². The minimum absolute atomic E-state index is 0.0826. The van der Waals surface area contributed by atoms with Crippen LogP contribution < -0.4 is 0 Å². The highest BCUT2D eigenvalue weighted by Gasteiger charge is 2.28. The number of carbonyl (C=O) groups is 3. The predicted molar refractivity (Wildman–Crippen MR) is 62.8 cm³/mol. The molecular formula is C13H13NO4. The Bertz CT molecular complexity index is 469. The first-order valence-corrected chi connectivity index (χ1v) is 5.68. The van der Waals surface area contributed by atoms with Crippen molar-refractivity contribution in [2.45, 2.75) is 13.0 Å². The number of likely N-dealkylation sites (tertiary alicyclic amines) is 1. The van der Waals surface area contributed by atoms with Crippen LogP contribution in [0.1, 0.15) is 12.0 Å². The van der Waals surface area contributed by atoms with Gasteiger partial charge in [0, 0.05) is 13.0 Å². The predicted octanol–water partition coefficient (Wildman–Crippen LogP) is 1.17. The fraction of sp³-hybridized carbons (Fsp3) is 0.308. The SMILES string of the molecule is O=C1CCN(C(=O)OCc2ccccc2)CC1=O. The largest absolute Gasteiger partial charge is 0.445 e. The lowest BCUT2D eigenvalue weighted by Crippen LogP contribution is -2.44. The topological polar surface area (TPSA) is 63.7 Å². The van der Waals surface area contributed by atoms with E-state index in [2.05, 4.69) is 0 Å². The Morgan fingerprint density at radius 2 is 1.89 bits per heavy atom. The molecule has 0 N–H and O–H groups in total. The number of hydrogen-bond acceptors (Lipinski definition) is 4. The lowest BCUT2D eigenvalue weighted by Gasteiger charge is -2.24. The smallest absolute Gasteiger partial charge is 0.410 e. The van der Waals surface area contributed by atoms with Crippen molar-refractivity contribution >= 4 is 17.7 Å². The Morgan fingerprint density at radius 3 is 2.56 bits per heavy atom. The van der Waals surface area contributed by atoms with Crippen LogP contribution in [0.25, 0.3) is 0 Å². The summed E-state index contributed by atoms with van der Waals surface area (Å²) in [5, 5.41) is 0. The summed E-state index contributed by atoms with van der Waals surface area (Å²) >= 11 is 0. The van der Waals surface area contributed by atoms with Gasteiger partial charge in [0.05, 0.1) is 6.54 Å². The van der Waals surface area contributed by atoms with Gasteiger partial charge >= 0.3 is 6.09 Å². The summed E-state index contributed by atoms with van der Waals surface area (Å²) in [7, 11) is 0. The molecule has 1 aliphatic heterocycles. The molecule has 18 heavy (non-hydrogen) atoms. The van der Waals surface area contributed by atoms with Crippen LogP contribution >= 0.6 is 0 Å². The highest BCUT2D eigenvalue weighted by atomic mass is 16.6. The number of piperidine rings is 1. The molecule has 1 heterocycles.